The highest BCUT2D eigenvalue weighted by Gasteiger charge is 2.29. The van der Waals surface area contributed by atoms with E-state index >= 15 is 0 Å². The normalized spacial score (nSPS) is 18.3. The van der Waals surface area contributed by atoms with Crippen molar-refractivity contribution in [2.75, 3.05) is 7.11 Å². The van der Waals surface area contributed by atoms with E-state index in [1.165, 1.54) is 68.7 Å². The number of carbonyl (C=O) groups is 2. The fourth-order valence-corrected chi connectivity index (χ4v) is 4.96. The molecule has 2 fully saturated rings. The minimum Gasteiger partial charge on any atom is -0.465 e. The van der Waals surface area contributed by atoms with Gasteiger partial charge in [-0.15, -0.1) is 11.3 Å². The zero-order chi connectivity index (χ0) is 19.5. The number of ketones is 1. The van der Waals surface area contributed by atoms with Crippen molar-refractivity contribution in [2.24, 2.45) is 11.8 Å². The number of hydrogen-bond donors (Lipinski definition) is 0. The maximum absolute atomic E-state index is 13.2. The van der Waals surface area contributed by atoms with Crippen LogP contribution in [0.15, 0.2) is 18.6 Å². The highest BCUT2D eigenvalue weighted by Crippen LogP contribution is 2.35. The molecule has 6 nitrogen and oxygen atoms in total. The Morgan fingerprint density at radius 2 is 2.00 bits per heavy atom. The van der Waals surface area contributed by atoms with Crippen molar-refractivity contribution < 1.29 is 14.3 Å². The highest BCUT2D eigenvalue weighted by atomic mass is 32.1. The third kappa shape index (κ3) is 4.69. The second-order valence-electron chi connectivity index (χ2n) is 8.13. The predicted octanol–water partition coefficient (Wildman–Crippen LogP) is 4.01. The Bertz CT molecular complexity index is 834. The lowest BCUT2D eigenvalue weighted by Crippen LogP contribution is -2.24. The van der Waals surface area contributed by atoms with Crippen molar-refractivity contribution in [3.8, 4) is 0 Å². The van der Waals surface area contributed by atoms with Gasteiger partial charge in [0.15, 0.2) is 5.78 Å². The van der Waals surface area contributed by atoms with Crippen molar-refractivity contribution in [3.05, 3.63) is 34.0 Å². The van der Waals surface area contributed by atoms with Crippen LogP contribution in [-0.2, 0) is 22.4 Å². The number of nitrogens with zero attached hydrogens (tertiary/aromatic N) is 3. The van der Waals surface area contributed by atoms with Gasteiger partial charge in [0.05, 0.1) is 25.9 Å². The molecule has 1 unspecified atom stereocenters. The van der Waals surface area contributed by atoms with E-state index in [9.17, 15) is 9.59 Å². The molecule has 0 bridgehead atoms. The lowest BCUT2D eigenvalue weighted by molar-refractivity contribution is -0.122. The summed E-state index contributed by atoms with van der Waals surface area (Å²) < 4.78 is 6.61. The Labute approximate surface area is 169 Å². The molecule has 2 aliphatic carbocycles. The molecule has 2 heterocycles. The molecule has 4 rings (SSSR count). The summed E-state index contributed by atoms with van der Waals surface area (Å²) in [5.74, 6) is 1.11. The van der Waals surface area contributed by atoms with Crippen molar-refractivity contribution in [1.82, 2.24) is 14.8 Å². The fourth-order valence-electron chi connectivity index (χ4n) is 4.11. The topological polar surface area (TPSA) is 74.1 Å². The largest absolute Gasteiger partial charge is 0.465 e. The van der Waals surface area contributed by atoms with Crippen LogP contribution in [0.25, 0.3) is 0 Å². The van der Waals surface area contributed by atoms with Crippen LogP contribution in [0.3, 0.4) is 0 Å². The van der Waals surface area contributed by atoms with Gasteiger partial charge >= 0.3 is 5.97 Å². The van der Waals surface area contributed by atoms with Crippen molar-refractivity contribution in [1.29, 1.82) is 0 Å². The molecule has 0 aliphatic heterocycles. The van der Waals surface area contributed by atoms with Gasteiger partial charge in [0.25, 0.3) is 0 Å². The Kier molecular flexibility index (Phi) is 5.90. The standard InChI is InChI=1S/C21H27N3O3S/c1-27-21(26)19-12-22-20(28-19)10-18(25)17(9-14-4-2-3-5-14)24-13-16(11-23-24)8-15-6-7-15/h11-15,17H,2-10H2,1H3. The second kappa shape index (κ2) is 8.55. The van der Waals surface area contributed by atoms with Crippen LogP contribution in [0.4, 0.5) is 0 Å². The summed E-state index contributed by atoms with van der Waals surface area (Å²) in [5, 5.41) is 5.21. The van der Waals surface area contributed by atoms with Gasteiger partial charge in [-0.05, 0) is 43.1 Å². The van der Waals surface area contributed by atoms with Crippen molar-refractivity contribution in [3.63, 3.8) is 0 Å². The number of methoxy groups -OCH3 is 1. The molecule has 150 valence electrons. The Morgan fingerprint density at radius 3 is 2.71 bits per heavy atom. The summed E-state index contributed by atoms with van der Waals surface area (Å²) in [6.45, 7) is 0. The summed E-state index contributed by atoms with van der Waals surface area (Å²) in [6, 6.07) is -0.249. The number of thiazole rings is 1. The van der Waals surface area contributed by atoms with Crippen LogP contribution >= 0.6 is 11.3 Å². The smallest absolute Gasteiger partial charge is 0.349 e. The number of hydrogen-bond acceptors (Lipinski definition) is 6. The van der Waals surface area contributed by atoms with Crippen LogP contribution in [0.2, 0.25) is 0 Å². The molecule has 2 aromatic rings. The van der Waals surface area contributed by atoms with Gasteiger partial charge in [0.1, 0.15) is 15.9 Å². The SMILES string of the molecule is COC(=O)c1cnc(CC(=O)C(CC2CCCC2)n2cc(CC3CC3)cn2)s1. The molecule has 0 saturated heterocycles. The van der Waals surface area contributed by atoms with E-state index in [-0.39, 0.29) is 18.2 Å². The molecule has 0 aromatic carbocycles. The molecule has 28 heavy (non-hydrogen) atoms. The van der Waals surface area contributed by atoms with E-state index in [1.807, 2.05) is 10.9 Å². The summed E-state index contributed by atoms with van der Waals surface area (Å²) in [4.78, 5) is 29.5. The Balaban J connectivity index is 1.48. The quantitative estimate of drug-likeness (QED) is 0.594. The Morgan fingerprint density at radius 1 is 1.21 bits per heavy atom. The van der Waals surface area contributed by atoms with Crippen LogP contribution in [0.1, 0.15) is 71.2 Å². The summed E-state index contributed by atoms with van der Waals surface area (Å²) in [7, 11) is 1.35. The number of carbonyl (C=O) groups excluding carboxylic acids is 2. The predicted molar refractivity (Wildman–Crippen MR) is 106 cm³/mol. The third-order valence-electron chi connectivity index (χ3n) is 5.86. The third-order valence-corrected chi connectivity index (χ3v) is 6.84. The zero-order valence-electron chi connectivity index (χ0n) is 16.3. The fraction of sp³-hybridized carbons (Fsp3) is 0.619. The molecule has 0 spiro atoms. The zero-order valence-corrected chi connectivity index (χ0v) is 17.1. The number of Topliss-reactive ketones (excluding diaryl/α,β-unsaturated/α-hetero) is 1. The number of ether oxygens (including phenoxy) is 1. The van der Waals surface area contributed by atoms with E-state index in [0.717, 1.165) is 18.8 Å². The lowest BCUT2D eigenvalue weighted by atomic mass is 9.95. The monoisotopic (exact) mass is 401 g/mol. The summed E-state index contributed by atoms with van der Waals surface area (Å²) in [6.07, 6.45) is 15.2. The number of aromatic nitrogens is 3. The number of esters is 1. The van der Waals surface area contributed by atoms with E-state index in [1.54, 1.807) is 0 Å². The lowest BCUT2D eigenvalue weighted by Gasteiger charge is -2.20. The minimum atomic E-state index is -0.407. The highest BCUT2D eigenvalue weighted by molar-refractivity contribution is 7.13. The van der Waals surface area contributed by atoms with Gasteiger partial charge in [-0.1, -0.05) is 25.7 Å². The van der Waals surface area contributed by atoms with Crippen LogP contribution in [-0.4, -0.2) is 33.6 Å². The first-order valence-corrected chi connectivity index (χ1v) is 11.0. The molecular formula is C21H27N3O3S. The first-order chi connectivity index (χ1) is 13.6. The molecule has 1 atom stereocenters. The van der Waals surface area contributed by atoms with E-state index < -0.39 is 5.97 Å². The van der Waals surface area contributed by atoms with Gasteiger partial charge in [0, 0.05) is 6.20 Å². The molecule has 2 saturated carbocycles. The molecule has 0 N–H and O–H groups in total. The van der Waals surface area contributed by atoms with Gasteiger partial charge in [-0.2, -0.15) is 5.10 Å². The first kappa shape index (κ1) is 19.3. The average molecular weight is 402 g/mol. The van der Waals surface area contributed by atoms with Gasteiger partial charge in [-0.25, -0.2) is 9.78 Å². The number of rotatable bonds is 9. The average Bonchev–Trinajstić information content (AvgIpc) is 3.11. The van der Waals surface area contributed by atoms with Gasteiger partial charge in [0.2, 0.25) is 0 Å². The summed E-state index contributed by atoms with van der Waals surface area (Å²) in [5.41, 5.74) is 1.23. The Hall–Kier alpha value is -2.02. The van der Waals surface area contributed by atoms with E-state index in [2.05, 4.69) is 16.3 Å². The molecule has 7 heteroatoms. The maximum Gasteiger partial charge on any atom is 0.349 e. The van der Waals surface area contributed by atoms with Crippen molar-refractivity contribution >= 4 is 23.1 Å². The van der Waals surface area contributed by atoms with Gasteiger partial charge in [-0.3, -0.25) is 9.48 Å². The molecule has 2 aliphatic rings. The van der Waals surface area contributed by atoms with Crippen LogP contribution in [0, 0.1) is 11.8 Å². The van der Waals surface area contributed by atoms with Crippen molar-refractivity contribution in [2.45, 2.75) is 63.8 Å². The molecule has 0 radical (unpaired) electrons. The maximum atomic E-state index is 13.2. The van der Waals surface area contributed by atoms with E-state index in [0.29, 0.717) is 15.8 Å². The molecule has 2 aromatic heterocycles. The van der Waals surface area contributed by atoms with Gasteiger partial charge < -0.3 is 4.74 Å². The van der Waals surface area contributed by atoms with Crippen LogP contribution in [0.5, 0.6) is 0 Å². The minimum absolute atomic E-state index is 0.124. The van der Waals surface area contributed by atoms with E-state index in [4.69, 9.17) is 4.74 Å². The second-order valence-corrected chi connectivity index (χ2v) is 9.25. The first-order valence-electron chi connectivity index (χ1n) is 10.2. The molecular weight excluding hydrogens is 374 g/mol. The molecule has 0 amide bonds. The summed E-state index contributed by atoms with van der Waals surface area (Å²) >= 11 is 1.23. The van der Waals surface area contributed by atoms with Crippen LogP contribution < -0.4 is 0 Å².